The van der Waals surface area contributed by atoms with Crippen LogP contribution in [0.5, 0.6) is 0 Å². The van der Waals surface area contributed by atoms with Crippen molar-refractivity contribution in [2.24, 2.45) is 0 Å². The summed E-state index contributed by atoms with van der Waals surface area (Å²) in [5.74, 6) is 0. The number of rotatable bonds is 0. The predicted molar refractivity (Wildman–Crippen MR) is 47.8 cm³/mol. The minimum atomic E-state index is 1.22. The molecule has 0 amide bonds. The van der Waals surface area contributed by atoms with Gasteiger partial charge >= 0.3 is 53.5 Å². The second-order valence-electron chi connectivity index (χ2n) is 1.56. The van der Waals surface area contributed by atoms with Crippen LogP contribution in [-0.4, -0.2) is 20.4 Å². The molecule has 4 heteroatoms. The molecule has 1 aliphatic rings. The Balaban J connectivity index is -0.000000144. The molecule has 0 radical (unpaired) electrons. The third-order valence-corrected chi connectivity index (χ3v) is 1.68. The zero-order chi connectivity index (χ0) is 11.1. The van der Waals surface area contributed by atoms with Crippen molar-refractivity contribution in [2.75, 3.05) is 0 Å². The van der Waals surface area contributed by atoms with Crippen LogP contribution < -0.4 is 0 Å². The van der Waals surface area contributed by atoms with E-state index in [0.29, 0.717) is 0 Å². The van der Waals surface area contributed by atoms with Crippen molar-refractivity contribution in [1.29, 1.82) is 0 Å². The van der Waals surface area contributed by atoms with E-state index in [4.69, 9.17) is 14.4 Å². The van der Waals surface area contributed by atoms with Gasteiger partial charge in [0.05, 0.1) is 0 Å². The van der Waals surface area contributed by atoms with Crippen molar-refractivity contribution in [2.45, 2.75) is 12.8 Å². The summed E-state index contributed by atoms with van der Waals surface area (Å²) in [6.07, 6.45) is 8.89. The number of hydrogen-bond acceptors (Lipinski definition) is 3. The molecule has 13 heavy (non-hydrogen) atoms. The fraction of sp³-hybridized carbons (Fsp3) is 0.222. The summed E-state index contributed by atoms with van der Waals surface area (Å²) in [6, 6.07) is 0. The van der Waals surface area contributed by atoms with Crippen LogP contribution in [0, 0.1) is 0 Å². The van der Waals surface area contributed by atoms with Crippen molar-refractivity contribution in [1.82, 2.24) is 0 Å². The molecule has 0 aromatic rings. The Morgan fingerprint density at radius 1 is 1.08 bits per heavy atom. The van der Waals surface area contributed by atoms with Gasteiger partial charge in [-0.1, -0.05) is 0 Å². The van der Waals surface area contributed by atoms with Gasteiger partial charge in [0.25, 0.3) is 0 Å². The van der Waals surface area contributed by atoms with Crippen LogP contribution in [0.3, 0.4) is 0 Å². The molecule has 1 aliphatic carbocycles. The van der Waals surface area contributed by atoms with Crippen LogP contribution in [-0.2, 0) is 32.7 Å². The van der Waals surface area contributed by atoms with Gasteiger partial charge in [-0.05, 0) is 0 Å². The minimum absolute atomic E-state index is 1.22. The van der Waals surface area contributed by atoms with E-state index < -0.39 is 0 Å². The zero-order valence-electron chi connectivity index (χ0n) is 7.35. The van der Waals surface area contributed by atoms with Gasteiger partial charge in [-0.2, -0.15) is 0 Å². The van der Waals surface area contributed by atoms with Crippen LogP contribution in [0.1, 0.15) is 12.8 Å². The molecule has 1 rings (SSSR count). The summed E-state index contributed by atoms with van der Waals surface area (Å²) in [5, 5.41) is 0. The van der Waals surface area contributed by atoms with Crippen LogP contribution in [0.2, 0.25) is 0 Å². The quantitative estimate of drug-likeness (QED) is 0.622. The molecule has 3 nitrogen and oxygen atoms in total. The van der Waals surface area contributed by atoms with Gasteiger partial charge in [0.1, 0.15) is 20.4 Å². The molecule has 0 saturated carbocycles. The van der Waals surface area contributed by atoms with E-state index in [1.165, 1.54) is 17.0 Å². The van der Waals surface area contributed by atoms with Crippen molar-refractivity contribution in [3.63, 3.8) is 0 Å². The van der Waals surface area contributed by atoms with Gasteiger partial charge in [0.15, 0.2) is 0 Å². The molecule has 0 bridgehead atoms. The molecule has 0 fully saturated rings. The van der Waals surface area contributed by atoms with Crippen molar-refractivity contribution in [3.8, 4) is 0 Å². The first-order valence-electron chi connectivity index (χ1n) is 3.26. The molecule has 0 aromatic heterocycles. The second kappa shape index (κ2) is 22.5. The van der Waals surface area contributed by atoms with Crippen LogP contribution in [0.4, 0.5) is 0 Å². The fourth-order valence-electron chi connectivity index (χ4n) is 0.567. The SMILES string of the molecule is C=O.C=O.C=O.[Ru][C]1=CC=CCC1. The van der Waals surface area contributed by atoms with E-state index in [-0.39, 0.29) is 0 Å². The van der Waals surface area contributed by atoms with Gasteiger partial charge in [-0.15, -0.1) is 0 Å². The van der Waals surface area contributed by atoms with Crippen molar-refractivity contribution >= 4 is 20.4 Å². The summed E-state index contributed by atoms with van der Waals surface area (Å²) in [6.45, 7) is 6.00. The molecule has 0 heterocycles. The molecule has 0 atom stereocenters. The van der Waals surface area contributed by atoms with Gasteiger partial charge < -0.3 is 14.4 Å². The first-order chi connectivity index (χ1) is 6.39. The topological polar surface area (TPSA) is 51.2 Å². The van der Waals surface area contributed by atoms with Gasteiger partial charge in [-0.3, -0.25) is 0 Å². The van der Waals surface area contributed by atoms with E-state index in [1.54, 1.807) is 0 Å². The summed E-state index contributed by atoms with van der Waals surface area (Å²) in [5.41, 5.74) is 0. The second-order valence-corrected chi connectivity index (χ2v) is 2.68. The third kappa shape index (κ3) is 18.2. The Labute approximate surface area is 88.6 Å². The Kier molecular flexibility index (Phi) is 31.1. The predicted octanol–water partition coefficient (Wildman–Crippen LogP) is 1.21. The monoisotopic (exact) mass is 271 g/mol. The summed E-state index contributed by atoms with van der Waals surface area (Å²) < 4.78 is 1.43. The number of carbonyl (C=O) groups excluding carboxylic acids is 3. The van der Waals surface area contributed by atoms with E-state index in [1.807, 2.05) is 20.4 Å². The maximum atomic E-state index is 8.00. The summed E-state index contributed by atoms with van der Waals surface area (Å²) in [7, 11) is 0. The first kappa shape index (κ1) is 18.0. The number of carbonyl (C=O) groups is 3. The van der Waals surface area contributed by atoms with Crippen molar-refractivity contribution in [3.05, 3.63) is 22.4 Å². The summed E-state index contributed by atoms with van der Waals surface area (Å²) >= 11 is 2.63. The van der Waals surface area contributed by atoms with Gasteiger partial charge in [-0.25, -0.2) is 0 Å². The third-order valence-electron chi connectivity index (χ3n) is 0.953. The Hall–Kier alpha value is -0.887. The Bertz CT molecular complexity index is 150. The molecule has 0 aromatic carbocycles. The normalized spacial score (nSPS) is 11.3. The molecule has 0 saturated heterocycles. The number of hydrogen-bond donors (Lipinski definition) is 0. The molecule has 0 spiro atoms. The molecule has 0 N–H and O–H groups in total. The van der Waals surface area contributed by atoms with E-state index in [2.05, 4.69) is 36.5 Å². The number of allylic oxidation sites excluding steroid dienone is 4. The van der Waals surface area contributed by atoms with E-state index in [9.17, 15) is 0 Å². The van der Waals surface area contributed by atoms with Crippen LogP contribution in [0.25, 0.3) is 0 Å². The van der Waals surface area contributed by atoms with E-state index in [0.717, 1.165) is 0 Å². The Morgan fingerprint density at radius 2 is 1.54 bits per heavy atom. The molecule has 0 unspecified atom stereocenters. The van der Waals surface area contributed by atoms with Crippen molar-refractivity contribution < 1.29 is 32.7 Å². The van der Waals surface area contributed by atoms with Gasteiger partial charge in [0.2, 0.25) is 0 Å². The van der Waals surface area contributed by atoms with E-state index >= 15 is 0 Å². The average Bonchev–Trinajstić information content (AvgIpc) is 2.28. The first-order valence-corrected chi connectivity index (χ1v) is 4.13. The standard InChI is InChI=1S/C6H7.3CH2O.Ru/c1-2-4-6-5-3-1;3*1-2;/h1-3H,4,6H2;3*1H2;. The van der Waals surface area contributed by atoms with Crippen LogP contribution in [0.15, 0.2) is 22.4 Å². The molecular weight excluding hydrogens is 257 g/mol. The molecule has 0 aliphatic heterocycles. The Morgan fingerprint density at radius 3 is 1.69 bits per heavy atom. The zero-order valence-corrected chi connectivity index (χ0v) is 9.08. The molecule has 75 valence electrons. The average molecular weight is 270 g/mol. The van der Waals surface area contributed by atoms with Gasteiger partial charge in [0, 0.05) is 0 Å². The molecular formula is C9H13O3Ru. The van der Waals surface area contributed by atoms with Crippen LogP contribution >= 0.6 is 0 Å². The summed E-state index contributed by atoms with van der Waals surface area (Å²) in [4.78, 5) is 24.0. The fourth-order valence-corrected chi connectivity index (χ4v) is 0.985. The maximum absolute atomic E-state index is 8.00.